The molecule has 1 spiro atoms. The Morgan fingerprint density at radius 2 is 2.12 bits per heavy atom. The smallest absolute Gasteiger partial charge is 0.264 e. The molecule has 0 atom stereocenters. The van der Waals surface area contributed by atoms with Crippen LogP contribution in [0.2, 0.25) is 0 Å². The number of rotatable bonds is 1. The SMILES string of the molecule is CCN1CCc2c(sc3c2CC2(CC2)C3)C1=O. The topological polar surface area (TPSA) is 20.3 Å². The molecular formula is C14H17NOS. The highest BCUT2D eigenvalue weighted by Crippen LogP contribution is 2.58. The van der Waals surface area contributed by atoms with Crippen molar-refractivity contribution >= 4 is 17.2 Å². The number of carbonyl (C=O) groups excluding carboxylic acids is 1. The Balaban J connectivity index is 1.76. The second kappa shape index (κ2) is 3.14. The molecule has 1 aromatic rings. The first kappa shape index (κ1) is 10.1. The first-order valence-corrected chi connectivity index (χ1v) is 7.47. The lowest BCUT2D eigenvalue weighted by Gasteiger charge is -2.26. The summed E-state index contributed by atoms with van der Waals surface area (Å²) in [5.41, 5.74) is 3.65. The van der Waals surface area contributed by atoms with Crippen LogP contribution in [0.25, 0.3) is 0 Å². The van der Waals surface area contributed by atoms with E-state index < -0.39 is 0 Å². The lowest BCUT2D eigenvalue weighted by molar-refractivity contribution is 0.0754. The molecule has 0 aromatic carbocycles. The predicted octanol–water partition coefficient (Wildman–Crippen LogP) is 2.65. The zero-order chi connectivity index (χ0) is 11.6. The van der Waals surface area contributed by atoms with Crippen molar-refractivity contribution < 1.29 is 4.79 Å². The molecule has 3 aliphatic rings. The van der Waals surface area contributed by atoms with Gasteiger partial charge in [-0.25, -0.2) is 0 Å². The van der Waals surface area contributed by atoms with Gasteiger partial charge in [0.1, 0.15) is 0 Å². The van der Waals surface area contributed by atoms with Gasteiger partial charge in [0, 0.05) is 18.0 Å². The Kier molecular flexibility index (Phi) is 1.87. The monoisotopic (exact) mass is 247 g/mol. The quantitative estimate of drug-likeness (QED) is 0.747. The summed E-state index contributed by atoms with van der Waals surface area (Å²) in [5, 5.41) is 0. The summed E-state index contributed by atoms with van der Waals surface area (Å²) in [6.07, 6.45) is 6.46. The highest BCUT2D eigenvalue weighted by atomic mass is 32.1. The van der Waals surface area contributed by atoms with Gasteiger partial charge in [0.2, 0.25) is 0 Å². The van der Waals surface area contributed by atoms with Crippen molar-refractivity contribution in [1.82, 2.24) is 4.90 Å². The van der Waals surface area contributed by atoms with Gasteiger partial charge in [-0.15, -0.1) is 11.3 Å². The van der Waals surface area contributed by atoms with E-state index in [1.165, 1.54) is 31.2 Å². The van der Waals surface area contributed by atoms with Crippen molar-refractivity contribution in [3.63, 3.8) is 0 Å². The summed E-state index contributed by atoms with van der Waals surface area (Å²) >= 11 is 1.80. The molecule has 3 heteroatoms. The fourth-order valence-corrected chi connectivity index (χ4v) is 4.95. The van der Waals surface area contributed by atoms with Crippen LogP contribution in [0.4, 0.5) is 0 Å². The van der Waals surface area contributed by atoms with Gasteiger partial charge in [0.15, 0.2) is 0 Å². The third kappa shape index (κ3) is 1.29. The van der Waals surface area contributed by atoms with Crippen LogP contribution < -0.4 is 0 Å². The Morgan fingerprint density at radius 1 is 1.29 bits per heavy atom. The molecule has 0 saturated heterocycles. The molecular weight excluding hydrogens is 230 g/mol. The van der Waals surface area contributed by atoms with Crippen LogP contribution in [-0.2, 0) is 19.3 Å². The summed E-state index contributed by atoms with van der Waals surface area (Å²) in [6, 6.07) is 0. The maximum atomic E-state index is 12.3. The van der Waals surface area contributed by atoms with Crippen LogP contribution in [0.5, 0.6) is 0 Å². The van der Waals surface area contributed by atoms with Gasteiger partial charge in [-0.2, -0.15) is 0 Å². The Labute approximate surface area is 106 Å². The van der Waals surface area contributed by atoms with Gasteiger partial charge < -0.3 is 4.90 Å². The van der Waals surface area contributed by atoms with E-state index in [2.05, 4.69) is 6.92 Å². The Bertz CT molecular complexity index is 513. The molecule has 1 saturated carbocycles. The molecule has 0 bridgehead atoms. The first-order valence-electron chi connectivity index (χ1n) is 6.65. The molecule has 0 radical (unpaired) electrons. The molecule has 4 rings (SSSR count). The van der Waals surface area contributed by atoms with Gasteiger partial charge in [0.25, 0.3) is 5.91 Å². The van der Waals surface area contributed by atoms with Gasteiger partial charge >= 0.3 is 0 Å². The number of hydrogen-bond donors (Lipinski definition) is 0. The lowest BCUT2D eigenvalue weighted by atomic mass is 9.98. The van der Waals surface area contributed by atoms with Crippen LogP contribution in [0.15, 0.2) is 0 Å². The van der Waals surface area contributed by atoms with E-state index in [1.807, 2.05) is 4.90 Å². The van der Waals surface area contributed by atoms with Gasteiger partial charge in [-0.1, -0.05) is 0 Å². The van der Waals surface area contributed by atoms with Crippen LogP contribution in [0.3, 0.4) is 0 Å². The fourth-order valence-electron chi connectivity index (χ4n) is 3.44. The van der Waals surface area contributed by atoms with Gasteiger partial charge in [-0.3, -0.25) is 4.79 Å². The summed E-state index contributed by atoms with van der Waals surface area (Å²) in [4.78, 5) is 16.9. The van der Waals surface area contributed by atoms with Crippen LogP contribution in [0, 0.1) is 5.41 Å². The number of amides is 1. The van der Waals surface area contributed by atoms with E-state index >= 15 is 0 Å². The number of carbonyl (C=O) groups is 1. The summed E-state index contributed by atoms with van der Waals surface area (Å²) in [6.45, 7) is 3.85. The molecule has 1 amide bonds. The molecule has 2 nitrogen and oxygen atoms in total. The minimum atomic E-state index is 0.290. The van der Waals surface area contributed by atoms with Gasteiger partial charge in [0.05, 0.1) is 4.88 Å². The van der Waals surface area contributed by atoms with Crippen molar-refractivity contribution in [1.29, 1.82) is 0 Å². The summed E-state index contributed by atoms with van der Waals surface area (Å²) in [7, 11) is 0. The van der Waals surface area contributed by atoms with Crippen molar-refractivity contribution in [2.45, 2.75) is 39.0 Å². The highest BCUT2D eigenvalue weighted by Gasteiger charge is 2.49. The zero-order valence-corrected chi connectivity index (χ0v) is 11.0. The first-order chi connectivity index (χ1) is 8.22. The van der Waals surface area contributed by atoms with E-state index in [0.29, 0.717) is 5.41 Å². The molecule has 1 fully saturated rings. The molecule has 1 aromatic heterocycles. The maximum absolute atomic E-state index is 12.3. The molecule has 0 unspecified atom stereocenters. The average molecular weight is 247 g/mol. The van der Waals surface area contributed by atoms with Crippen molar-refractivity contribution in [2.24, 2.45) is 5.41 Å². The third-order valence-electron chi connectivity index (χ3n) is 4.74. The number of likely N-dealkylation sites (N-methyl/N-ethyl adjacent to an activating group) is 1. The van der Waals surface area contributed by atoms with Crippen molar-refractivity contribution in [3.05, 3.63) is 20.9 Å². The lowest BCUT2D eigenvalue weighted by Crippen LogP contribution is -2.36. The van der Waals surface area contributed by atoms with E-state index in [0.717, 1.165) is 24.4 Å². The molecule has 2 aliphatic carbocycles. The summed E-state index contributed by atoms with van der Waals surface area (Å²) < 4.78 is 0. The van der Waals surface area contributed by atoms with E-state index in [1.54, 1.807) is 21.8 Å². The number of hydrogen-bond acceptors (Lipinski definition) is 2. The Hall–Kier alpha value is -0.830. The number of nitrogens with zero attached hydrogens (tertiary/aromatic N) is 1. The average Bonchev–Trinajstić information content (AvgIpc) is 2.83. The molecule has 17 heavy (non-hydrogen) atoms. The number of thiophene rings is 1. The van der Waals surface area contributed by atoms with E-state index in [9.17, 15) is 4.79 Å². The maximum Gasteiger partial charge on any atom is 0.264 e. The van der Waals surface area contributed by atoms with Gasteiger partial charge in [-0.05, 0) is 55.6 Å². The fraction of sp³-hybridized carbons (Fsp3) is 0.643. The van der Waals surface area contributed by atoms with E-state index in [4.69, 9.17) is 0 Å². The predicted molar refractivity (Wildman–Crippen MR) is 68.7 cm³/mol. The molecule has 90 valence electrons. The van der Waals surface area contributed by atoms with Crippen molar-refractivity contribution in [2.75, 3.05) is 13.1 Å². The second-order valence-corrected chi connectivity index (χ2v) is 6.91. The minimum Gasteiger partial charge on any atom is -0.338 e. The molecule has 1 aliphatic heterocycles. The minimum absolute atomic E-state index is 0.290. The van der Waals surface area contributed by atoms with Crippen LogP contribution in [-0.4, -0.2) is 23.9 Å². The molecule has 0 N–H and O–H groups in total. The Morgan fingerprint density at radius 3 is 2.82 bits per heavy atom. The zero-order valence-electron chi connectivity index (χ0n) is 10.2. The highest BCUT2D eigenvalue weighted by molar-refractivity contribution is 7.14. The van der Waals surface area contributed by atoms with Crippen LogP contribution >= 0.6 is 11.3 Å². The van der Waals surface area contributed by atoms with Crippen molar-refractivity contribution in [3.8, 4) is 0 Å². The number of fused-ring (bicyclic) bond motifs is 3. The largest absolute Gasteiger partial charge is 0.338 e. The molecule has 2 heterocycles. The van der Waals surface area contributed by atoms with E-state index in [-0.39, 0.29) is 5.91 Å². The van der Waals surface area contributed by atoms with Crippen LogP contribution in [0.1, 0.15) is 45.4 Å². The normalized spacial score (nSPS) is 24.1. The second-order valence-electron chi connectivity index (χ2n) is 5.80. The summed E-state index contributed by atoms with van der Waals surface area (Å²) in [5.74, 6) is 0.290. The standard InChI is InChI=1S/C14H17NOS/c1-2-15-6-3-9-10-7-14(4-5-14)8-11(10)17-12(9)13(15)16/h2-8H2,1H3. The third-order valence-corrected chi connectivity index (χ3v) is 6.00.